The molecule has 0 unspecified atom stereocenters. The lowest BCUT2D eigenvalue weighted by Gasteiger charge is -2.29. The van der Waals surface area contributed by atoms with E-state index in [-0.39, 0.29) is 6.10 Å². The number of nitrogens with zero attached hydrogens (tertiary/aromatic N) is 1. The smallest absolute Gasteiger partial charge is 0.231 e. The van der Waals surface area contributed by atoms with Crippen LogP contribution in [0, 0.1) is 0 Å². The fourth-order valence-electron chi connectivity index (χ4n) is 2.47. The van der Waals surface area contributed by atoms with Gasteiger partial charge in [0.05, 0.1) is 6.10 Å². The number of fused-ring (bicyclic) bond motifs is 1. The number of likely N-dealkylation sites (tertiary alicyclic amines) is 1. The molecule has 4 heteroatoms. The molecular formula is C13H17NO3. The molecule has 1 fully saturated rings. The average Bonchev–Trinajstić information content (AvgIpc) is 2.76. The Bertz CT molecular complexity index is 408. The van der Waals surface area contributed by atoms with Crippen molar-refractivity contribution < 1.29 is 14.6 Å². The van der Waals surface area contributed by atoms with E-state index in [0.717, 1.165) is 44.0 Å². The predicted molar refractivity (Wildman–Crippen MR) is 63.1 cm³/mol. The lowest BCUT2D eigenvalue weighted by atomic mass is 10.1. The van der Waals surface area contributed by atoms with E-state index in [1.54, 1.807) is 0 Å². The fourth-order valence-corrected chi connectivity index (χ4v) is 2.47. The van der Waals surface area contributed by atoms with Gasteiger partial charge in [-0.2, -0.15) is 0 Å². The van der Waals surface area contributed by atoms with E-state index in [0.29, 0.717) is 6.79 Å². The van der Waals surface area contributed by atoms with Crippen LogP contribution in [-0.4, -0.2) is 36.0 Å². The molecule has 3 rings (SSSR count). The van der Waals surface area contributed by atoms with Crippen molar-refractivity contribution >= 4 is 0 Å². The number of ether oxygens (including phenoxy) is 2. The summed E-state index contributed by atoms with van der Waals surface area (Å²) >= 11 is 0. The van der Waals surface area contributed by atoms with Gasteiger partial charge in [-0.1, -0.05) is 6.07 Å². The van der Waals surface area contributed by atoms with E-state index < -0.39 is 0 Å². The van der Waals surface area contributed by atoms with Crippen LogP contribution in [0.4, 0.5) is 0 Å². The van der Waals surface area contributed by atoms with E-state index >= 15 is 0 Å². The number of aliphatic hydroxyl groups is 1. The van der Waals surface area contributed by atoms with Crippen molar-refractivity contribution in [2.75, 3.05) is 19.9 Å². The van der Waals surface area contributed by atoms with E-state index in [1.807, 2.05) is 12.1 Å². The molecule has 0 amide bonds. The van der Waals surface area contributed by atoms with E-state index in [9.17, 15) is 5.11 Å². The SMILES string of the molecule is O[C@H]1CCCN(Cc2ccc3c(c2)OCO3)C1. The van der Waals surface area contributed by atoms with Gasteiger partial charge >= 0.3 is 0 Å². The molecule has 1 saturated heterocycles. The fraction of sp³-hybridized carbons (Fsp3) is 0.538. The Kier molecular flexibility index (Phi) is 2.91. The van der Waals surface area contributed by atoms with Crippen molar-refractivity contribution in [2.24, 2.45) is 0 Å². The van der Waals surface area contributed by atoms with Crippen LogP contribution in [0.2, 0.25) is 0 Å². The molecule has 17 heavy (non-hydrogen) atoms. The topological polar surface area (TPSA) is 41.9 Å². The minimum absolute atomic E-state index is 0.169. The number of benzene rings is 1. The second-order valence-corrected chi connectivity index (χ2v) is 4.72. The van der Waals surface area contributed by atoms with Crippen LogP contribution in [0.1, 0.15) is 18.4 Å². The molecule has 0 aromatic heterocycles. The molecule has 0 aliphatic carbocycles. The average molecular weight is 235 g/mol. The summed E-state index contributed by atoms with van der Waals surface area (Å²) in [5, 5.41) is 9.63. The maximum Gasteiger partial charge on any atom is 0.231 e. The summed E-state index contributed by atoms with van der Waals surface area (Å²) in [4.78, 5) is 2.28. The maximum atomic E-state index is 9.63. The van der Waals surface area contributed by atoms with Gasteiger partial charge in [0.15, 0.2) is 11.5 Å². The van der Waals surface area contributed by atoms with Crippen molar-refractivity contribution in [3.63, 3.8) is 0 Å². The second kappa shape index (κ2) is 4.55. The second-order valence-electron chi connectivity index (χ2n) is 4.72. The summed E-state index contributed by atoms with van der Waals surface area (Å²) < 4.78 is 10.6. The highest BCUT2D eigenvalue weighted by Crippen LogP contribution is 2.32. The first-order valence-electron chi connectivity index (χ1n) is 6.10. The number of β-amino-alcohol motifs (C(OH)–C–C–N with tert-alkyl or cyclic N) is 1. The predicted octanol–water partition coefficient (Wildman–Crippen LogP) is 1.37. The quantitative estimate of drug-likeness (QED) is 0.840. The molecule has 2 aliphatic rings. The summed E-state index contributed by atoms with van der Waals surface area (Å²) in [6.45, 7) is 3.02. The number of rotatable bonds is 2. The van der Waals surface area contributed by atoms with Crippen molar-refractivity contribution in [1.29, 1.82) is 0 Å². The first-order valence-corrected chi connectivity index (χ1v) is 6.10. The van der Waals surface area contributed by atoms with Crippen molar-refractivity contribution in [3.8, 4) is 11.5 Å². The molecule has 0 saturated carbocycles. The van der Waals surface area contributed by atoms with Gasteiger partial charge < -0.3 is 14.6 Å². The molecular weight excluding hydrogens is 218 g/mol. The van der Waals surface area contributed by atoms with Crippen LogP contribution in [-0.2, 0) is 6.54 Å². The third-order valence-electron chi connectivity index (χ3n) is 3.32. The highest BCUT2D eigenvalue weighted by atomic mass is 16.7. The Morgan fingerprint density at radius 3 is 3.06 bits per heavy atom. The Balaban J connectivity index is 1.68. The van der Waals surface area contributed by atoms with Gasteiger partial charge in [0.2, 0.25) is 6.79 Å². The highest BCUT2D eigenvalue weighted by Gasteiger charge is 2.19. The Morgan fingerprint density at radius 1 is 1.29 bits per heavy atom. The monoisotopic (exact) mass is 235 g/mol. The van der Waals surface area contributed by atoms with Gasteiger partial charge in [-0.05, 0) is 37.1 Å². The molecule has 0 bridgehead atoms. The van der Waals surface area contributed by atoms with Crippen LogP contribution in [0.15, 0.2) is 18.2 Å². The molecule has 92 valence electrons. The minimum atomic E-state index is -0.169. The van der Waals surface area contributed by atoms with Gasteiger partial charge in [-0.3, -0.25) is 4.90 Å². The first kappa shape index (κ1) is 10.9. The Hall–Kier alpha value is -1.26. The number of piperidine rings is 1. The molecule has 0 radical (unpaired) electrons. The standard InChI is InChI=1S/C13H17NO3/c15-11-2-1-5-14(8-11)7-10-3-4-12-13(6-10)17-9-16-12/h3-4,6,11,15H,1-2,5,7-9H2/t11-/m0/s1. The molecule has 1 aromatic rings. The zero-order valence-electron chi connectivity index (χ0n) is 9.76. The zero-order chi connectivity index (χ0) is 11.7. The molecule has 1 aromatic carbocycles. The van der Waals surface area contributed by atoms with Gasteiger partial charge in [0.1, 0.15) is 0 Å². The van der Waals surface area contributed by atoms with Gasteiger partial charge in [-0.25, -0.2) is 0 Å². The third-order valence-corrected chi connectivity index (χ3v) is 3.32. The van der Waals surface area contributed by atoms with Crippen LogP contribution < -0.4 is 9.47 Å². The Labute approximate surface area is 101 Å². The third kappa shape index (κ3) is 2.37. The normalized spacial score (nSPS) is 23.9. The van der Waals surface area contributed by atoms with Crippen LogP contribution in [0.25, 0.3) is 0 Å². The molecule has 2 heterocycles. The van der Waals surface area contributed by atoms with Crippen LogP contribution >= 0.6 is 0 Å². The summed E-state index contributed by atoms with van der Waals surface area (Å²) in [5.74, 6) is 1.66. The van der Waals surface area contributed by atoms with Crippen molar-refractivity contribution in [3.05, 3.63) is 23.8 Å². The molecule has 1 N–H and O–H groups in total. The maximum absolute atomic E-state index is 9.63. The minimum Gasteiger partial charge on any atom is -0.454 e. The molecule has 0 spiro atoms. The molecule has 1 atom stereocenters. The lowest BCUT2D eigenvalue weighted by Crippen LogP contribution is -2.37. The van der Waals surface area contributed by atoms with Gasteiger partial charge in [-0.15, -0.1) is 0 Å². The summed E-state index contributed by atoms with van der Waals surface area (Å²) in [6.07, 6.45) is 1.83. The van der Waals surface area contributed by atoms with E-state index in [4.69, 9.17) is 9.47 Å². The lowest BCUT2D eigenvalue weighted by molar-refractivity contribution is 0.0668. The van der Waals surface area contributed by atoms with Crippen molar-refractivity contribution in [2.45, 2.75) is 25.5 Å². The van der Waals surface area contributed by atoms with E-state index in [1.165, 1.54) is 5.56 Å². The van der Waals surface area contributed by atoms with Crippen LogP contribution in [0.5, 0.6) is 11.5 Å². The largest absolute Gasteiger partial charge is 0.454 e. The van der Waals surface area contributed by atoms with Crippen LogP contribution in [0.3, 0.4) is 0 Å². The molecule has 2 aliphatic heterocycles. The summed E-state index contributed by atoms with van der Waals surface area (Å²) in [7, 11) is 0. The highest BCUT2D eigenvalue weighted by molar-refractivity contribution is 5.44. The number of hydrogen-bond donors (Lipinski definition) is 1. The van der Waals surface area contributed by atoms with Crippen molar-refractivity contribution in [1.82, 2.24) is 4.90 Å². The van der Waals surface area contributed by atoms with E-state index in [2.05, 4.69) is 11.0 Å². The summed E-state index contributed by atoms with van der Waals surface area (Å²) in [6, 6.07) is 6.05. The zero-order valence-corrected chi connectivity index (χ0v) is 9.76. The number of hydrogen-bond acceptors (Lipinski definition) is 4. The van der Waals surface area contributed by atoms with Gasteiger partial charge in [0, 0.05) is 13.1 Å². The molecule has 4 nitrogen and oxygen atoms in total. The van der Waals surface area contributed by atoms with Gasteiger partial charge in [0.25, 0.3) is 0 Å². The Morgan fingerprint density at radius 2 is 2.18 bits per heavy atom. The first-order chi connectivity index (χ1) is 8.31. The number of aliphatic hydroxyl groups excluding tert-OH is 1. The summed E-state index contributed by atoms with van der Waals surface area (Å²) in [5.41, 5.74) is 1.21.